The Morgan fingerprint density at radius 3 is 2.80 bits per heavy atom. The number of fused-ring (bicyclic) bond motifs is 1. The maximum absolute atomic E-state index is 12.3. The van der Waals surface area contributed by atoms with Crippen molar-refractivity contribution in [2.75, 3.05) is 6.54 Å². The Kier molecular flexibility index (Phi) is 5.49. The van der Waals surface area contributed by atoms with Gasteiger partial charge in [-0.2, -0.15) is 13.2 Å². The summed E-state index contributed by atoms with van der Waals surface area (Å²) in [5.41, 5.74) is 1.42. The number of rotatable bonds is 7. The van der Waals surface area contributed by atoms with E-state index >= 15 is 0 Å². The molecule has 5 heteroatoms. The zero-order chi connectivity index (χ0) is 14.6. The Hall–Kier alpha value is -0.550. The fourth-order valence-corrected chi connectivity index (χ4v) is 4.06. The highest BCUT2D eigenvalue weighted by Crippen LogP contribution is 2.36. The van der Waals surface area contributed by atoms with Gasteiger partial charge in [0, 0.05) is 22.2 Å². The molecule has 1 aliphatic carbocycles. The van der Waals surface area contributed by atoms with Crippen LogP contribution in [0.1, 0.15) is 60.4 Å². The predicted molar refractivity (Wildman–Crippen MR) is 77.3 cm³/mol. The van der Waals surface area contributed by atoms with Crippen molar-refractivity contribution in [3.05, 3.63) is 21.4 Å². The van der Waals surface area contributed by atoms with E-state index < -0.39 is 12.6 Å². The molecule has 1 nitrogen and oxygen atoms in total. The highest BCUT2D eigenvalue weighted by molar-refractivity contribution is 7.12. The summed E-state index contributed by atoms with van der Waals surface area (Å²) in [5, 5.41) is 3.40. The lowest BCUT2D eigenvalue weighted by Crippen LogP contribution is -2.22. The number of halogens is 3. The molecule has 1 N–H and O–H groups in total. The van der Waals surface area contributed by atoms with Crippen molar-refractivity contribution < 1.29 is 13.2 Å². The molecular weight excluding hydrogens is 283 g/mol. The smallest absolute Gasteiger partial charge is 0.309 e. The van der Waals surface area contributed by atoms with E-state index in [9.17, 15) is 13.2 Å². The highest BCUT2D eigenvalue weighted by Gasteiger charge is 2.27. The van der Waals surface area contributed by atoms with Gasteiger partial charge in [0.05, 0.1) is 0 Å². The fraction of sp³-hybridized carbons (Fsp3) is 0.733. The van der Waals surface area contributed by atoms with Gasteiger partial charge in [-0.15, -0.1) is 11.3 Å². The third-order valence-corrected chi connectivity index (χ3v) is 5.05. The summed E-state index contributed by atoms with van der Waals surface area (Å²) in [6.45, 7) is 2.94. The van der Waals surface area contributed by atoms with Crippen molar-refractivity contribution in [3.63, 3.8) is 0 Å². The van der Waals surface area contributed by atoms with E-state index in [2.05, 4.69) is 18.3 Å². The molecular formula is C15H22F3NS. The first-order valence-electron chi connectivity index (χ1n) is 7.41. The molecule has 2 rings (SSSR count). The maximum atomic E-state index is 12.3. The van der Waals surface area contributed by atoms with E-state index in [1.54, 1.807) is 11.3 Å². The van der Waals surface area contributed by atoms with Crippen molar-refractivity contribution in [1.29, 1.82) is 0 Å². The zero-order valence-corrected chi connectivity index (χ0v) is 12.7. The van der Waals surface area contributed by atoms with Crippen LogP contribution in [-0.4, -0.2) is 12.7 Å². The van der Waals surface area contributed by atoms with Gasteiger partial charge in [0.2, 0.25) is 0 Å². The summed E-state index contributed by atoms with van der Waals surface area (Å²) < 4.78 is 36.8. The summed E-state index contributed by atoms with van der Waals surface area (Å²) in [6, 6.07) is 2.31. The topological polar surface area (TPSA) is 12.0 Å². The molecule has 0 radical (unpaired) electrons. The Bertz CT molecular complexity index is 404. The van der Waals surface area contributed by atoms with E-state index in [0.29, 0.717) is 6.42 Å². The van der Waals surface area contributed by atoms with E-state index in [-0.39, 0.29) is 12.5 Å². The molecule has 0 spiro atoms. The number of nitrogens with one attached hydrogen (secondary N) is 1. The van der Waals surface area contributed by atoms with Gasteiger partial charge >= 0.3 is 6.18 Å². The first kappa shape index (κ1) is 15.8. The molecule has 0 saturated heterocycles. The Morgan fingerprint density at radius 2 is 2.15 bits per heavy atom. The lowest BCUT2D eigenvalue weighted by molar-refractivity contribution is -0.135. The summed E-state index contributed by atoms with van der Waals surface area (Å²) in [4.78, 5) is 2.67. The van der Waals surface area contributed by atoms with Crippen LogP contribution in [0.25, 0.3) is 0 Å². The lowest BCUT2D eigenvalue weighted by Gasteiger charge is -2.17. The number of hydrogen-bond donors (Lipinski definition) is 1. The lowest BCUT2D eigenvalue weighted by atomic mass is 10.1. The number of thiophene rings is 1. The second-order valence-electron chi connectivity index (χ2n) is 5.46. The van der Waals surface area contributed by atoms with Gasteiger partial charge in [-0.1, -0.05) is 6.92 Å². The summed E-state index contributed by atoms with van der Waals surface area (Å²) in [6.07, 6.45) is 0.558. The fourth-order valence-electron chi connectivity index (χ4n) is 2.69. The van der Waals surface area contributed by atoms with Gasteiger partial charge in [0.15, 0.2) is 0 Å². The van der Waals surface area contributed by atoms with Crippen LogP contribution >= 0.6 is 11.3 Å². The standard InChI is InChI=1S/C15H22F3NS/c1-2-9-19-12(6-4-8-15(16,17)18)14-10-11-5-3-7-13(11)20-14/h10,12,19H,2-9H2,1H3. The van der Waals surface area contributed by atoms with Crippen molar-refractivity contribution >= 4 is 11.3 Å². The van der Waals surface area contributed by atoms with Gasteiger partial charge in [0.25, 0.3) is 0 Å². The zero-order valence-electron chi connectivity index (χ0n) is 11.9. The molecule has 1 aromatic rings. The Morgan fingerprint density at radius 1 is 1.35 bits per heavy atom. The molecule has 0 amide bonds. The third-order valence-electron chi connectivity index (χ3n) is 3.70. The van der Waals surface area contributed by atoms with Crippen molar-refractivity contribution in [2.24, 2.45) is 0 Å². The van der Waals surface area contributed by atoms with E-state index in [1.807, 2.05) is 0 Å². The molecule has 0 saturated carbocycles. The van der Waals surface area contributed by atoms with E-state index in [4.69, 9.17) is 0 Å². The van der Waals surface area contributed by atoms with Crippen LogP contribution in [0.4, 0.5) is 13.2 Å². The van der Waals surface area contributed by atoms with Gasteiger partial charge in [0.1, 0.15) is 0 Å². The largest absolute Gasteiger partial charge is 0.389 e. The van der Waals surface area contributed by atoms with Crippen molar-refractivity contribution in [2.45, 2.75) is 64.1 Å². The molecule has 0 aromatic carbocycles. The second kappa shape index (κ2) is 6.94. The average molecular weight is 305 g/mol. The van der Waals surface area contributed by atoms with Gasteiger partial charge in [-0.25, -0.2) is 0 Å². The van der Waals surface area contributed by atoms with Crippen LogP contribution < -0.4 is 5.32 Å². The second-order valence-corrected chi connectivity index (χ2v) is 6.63. The molecule has 0 bridgehead atoms. The first-order valence-corrected chi connectivity index (χ1v) is 8.23. The minimum absolute atomic E-state index is 0.0906. The summed E-state index contributed by atoms with van der Waals surface area (Å²) >= 11 is 1.79. The molecule has 0 aliphatic heterocycles. The van der Waals surface area contributed by atoms with Crippen LogP contribution in [-0.2, 0) is 12.8 Å². The third kappa shape index (κ3) is 4.48. The molecule has 114 valence electrons. The average Bonchev–Trinajstić information content (AvgIpc) is 2.92. The van der Waals surface area contributed by atoms with E-state index in [1.165, 1.54) is 21.7 Å². The van der Waals surface area contributed by atoms with Crippen molar-refractivity contribution in [3.8, 4) is 0 Å². The van der Waals surface area contributed by atoms with Crippen LogP contribution in [0, 0.1) is 0 Å². The predicted octanol–water partition coefficient (Wildman–Crippen LogP) is 5.01. The Labute approximate surface area is 122 Å². The monoisotopic (exact) mass is 305 g/mol. The minimum atomic E-state index is -4.04. The molecule has 1 aliphatic rings. The molecule has 1 heterocycles. The van der Waals surface area contributed by atoms with Crippen LogP contribution in [0.3, 0.4) is 0 Å². The quantitative estimate of drug-likeness (QED) is 0.746. The van der Waals surface area contributed by atoms with Gasteiger partial charge in [-0.05, 0) is 56.7 Å². The normalized spacial score (nSPS) is 16.4. The molecule has 1 atom stereocenters. The number of hydrogen-bond acceptors (Lipinski definition) is 2. The van der Waals surface area contributed by atoms with Crippen LogP contribution in [0.5, 0.6) is 0 Å². The first-order chi connectivity index (χ1) is 9.49. The van der Waals surface area contributed by atoms with Gasteiger partial charge < -0.3 is 5.32 Å². The minimum Gasteiger partial charge on any atom is -0.309 e. The molecule has 1 unspecified atom stereocenters. The number of alkyl halides is 3. The van der Waals surface area contributed by atoms with Gasteiger partial charge in [-0.3, -0.25) is 0 Å². The van der Waals surface area contributed by atoms with E-state index in [0.717, 1.165) is 25.8 Å². The Balaban J connectivity index is 1.95. The summed E-state index contributed by atoms with van der Waals surface area (Å²) in [5.74, 6) is 0. The van der Waals surface area contributed by atoms with Crippen LogP contribution in [0.15, 0.2) is 6.07 Å². The summed E-state index contributed by atoms with van der Waals surface area (Å²) in [7, 11) is 0. The highest BCUT2D eigenvalue weighted by atomic mass is 32.1. The molecule has 0 fully saturated rings. The molecule has 20 heavy (non-hydrogen) atoms. The van der Waals surface area contributed by atoms with Crippen LogP contribution in [0.2, 0.25) is 0 Å². The number of aryl methyl sites for hydroxylation is 2. The maximum Gasteiger partial charge on any atom is 0.389 e. The van der Waals surface area contributed by atoms with Crippen molar-refractivity contribution in [1.82, 2.24) is 5.32 Å². The SMILES string of the molecule is CCCNC(CCCC(F)(F)F)c1cc2c(s1)CCC2. The molecule has 1 aromatic heterocycles.